The van der Waals surface area contributed by atoms with Gasteiger partial charge in [0.15, 0.2) is 0 Å². The summed E-state index contributed by atoms with van der Waals surface area (Å²) in [7, 11) is 1.82. The summed E-state index contributed by atoms with van der Waals surface area (Å²) in [6.07, 6.45) is 1.75. The fourth-order valence-electron chi connectivity index (χ4n) is 1.57. The molecule has 0 aliphatic heterocycles. The van der Waals surface area contributed by atoms with Gasteiger partial charge in [0.2, 0.25) is 0 Å². The van der Waals surface area contributed by atoms with Gasteiger partial charge < -0.3 is 10.4 Å². The molecule has 74 valence electrons. The van der Waals surface area contributed by atoms with Crippen LogP contribution >= 0.6 is 0 Å². The SMILES string of the molecule is CNC(CO)c1cccc2ccnn12. The van der Waals surface area contributed by atoms with Crippen molar-refractivity contribution in [3.63, 3.8) is 0 Å². The van der Waals surface area contributed by atoms with Crippen molar-refractivity contribution in [3.8, 4) is 0 Å². The van der Waals surface area contributed by atoms with E-state index in [0.29, 0.717) is 0 Å². The summed E-state index contributed by atoms with van der Waals surface area (Å²) in [4.78, 5) is 0. The van der Waals surface area contributed by atoms with E-state index in [-0.39, 0.29) is 12.6 Å². The third-order valence-corrected chi connectivity index (χ3v) is 2.34. The first-order valence-corrected chi connectivity index (χ1v) is 4.57. The standard InChI is InChI=1S/C10H13N3O/c1-11-9(7-14)10-4-2-3-8-5-6-12-13(8)10/h2-6,9,11,14H,7H2,1H3. The largest absolute Gasteiger partial charge is 0.394 e. The summed E-state index contributed by atoms with van der Waals surface area (Å²) >= 11 is 0. The summed E-state index contributed by atoms with van der Waals surface area (Å²) in [5.74, 6) is 0. The second-order valence-corrected chi connectivity index (χ2v) is 3.14. The first kappa shape index (κ1) is 9.18. The van der Waals surface area contributed by atoms with Crippen LogP contribution in [0.25, 0.3) is 5.52 Å². The van der Waals surface area contributed by atoms with E-state index >= 15 is 0 Å². The van der Waals surface area contributed by atoms with Crippen LogP contribution in [0.15, 0.2) is 30.5 Å². The Morgan fingerprint density at radius 3 is 3.07 bits per heavy atom. The molecule has 1 unspecified atom stereocenters. The van der Waals surface area contributed by atoms with Gasteiger partial charge in [0.05, 0.1) is 23.9 Å². The van der Waals surface area contributed by atoms with Gasteiger partial charge in [-0.1, -0.05) is 6.07 Å². The van der Waals surface area contributed by atoms with Crippen LogP contribution in [-0.2, 0) is 0 Å². The van der Waals surface area contributed by atoms with Crippen molar-refractivity contribution in [1.82, 2.24) is 14.9 Å². The number of nitrogens with one attached hydrogen (secondary N) is 1. The molecule has 2 aromatic heterocycles. The number of hydrogen-bond acceptors (Lipinski definition) is 3. The highest BCUT2D eigenvalue weighted by atomic mass is 16.3. The van der Waals surface area contributed by atoms with Gasteiger partial charge in [0.25, 0.3) is 0 Å². The fraction of sp³-hybridized carbons (Fsp3) is 0.300. The molecule has 0 aromatic carbocycles. The molecule has 4 heteroatoms. The maximum absolute atomic E-state index is 9.17. The monoisotopic (exact) mass is 191 g/mol. The van der Waals surface area contributed by atoms with Crippen LogP contribution in [0.2, 0.25) is 0 Å². The fourth-order valence-corrected chi connectivity index (χ4v) is 1.57. The Hall–Kier alpha value is -1.39. The van der Waals surface area contributed by atoms with E-state index < -0.39 is 0 Å². The van der Waals surface area contributed by atoms with Crippen molar-refractivity contribution in [1.29, 1.82) is 0 Å². The Labute approximate surface area is 82.2 Å². The Morgan fingerprint density at radius 2 is 2.36 bits per heavy atom. The van der Waals surface area contributed by atoms with Gasteiger partial charge in [-0.15, -0.1) is 0 Å². The maximum atomic E-state index is 9.17. The molecule has 0 bridgehead atoms. The smallest absolute Gasteiger partial charge is 0.0728 e. The second-order valence-electron chi connectivity index (χ2n) is 3.14. The summed E-state index contributed by atoms with van der Waals surface area (Å²) in [5.41, 5.74) is 2.01. The normalized spacial score (nSPS) is 13.3. The Morgan fingerprint density at radius 1 is 1.50 bits per heavy atom. The van der Waals surface area contributed by atoms with Gasteiger partial charge in [-0.05, 0) is 25.2 Å². The lowest BCUT2D eigenvalue weighted by Gasteiger charge is -2.14. The lowest BCUT2D eigenvalue weighted by molar-refractivity contribution is 0.247. The summed E-state index contributed by atoms with van der Waals surface area (Å²) in [6, 6.07) is 7.77. The van der Waals surface area contributed by atoms with Gasteiger partial charge >= 0.3 is 0 Å². The van der Waals surface area contributed by atoms with Crippen molar-refractivity contribution in [2.24, 2.45) is 0 Å². The highest BCUT2D eigenvalue weighted by Gasteiger charge is 2.11. The molecule has 2 aromatic rings. The van der Waals surface area contributed by atoms with E-state index in [1.54, 1.807) is 6.20 Å². The Bertz CT molecular complexity index is 420. The molecule has 2 rings (SSSR count). The minimum atomic E-state index is -0.0707. The number of likely N-dealkylation sites (N-methyl/N-ethyl adjacent to an activating group) is 1. The molecule has 0 saturated heterocycles. The van der Waals surface area contributed by atoms with Gasteiger partial charge in [-0.25, -0.2) is 4.52 Å². The Kier molecular flexibility index (Phi) is 2.47. The molecular weight excluding hydrogens is 178 g/mol. The van der Waals surface area contributed by atoms with E-state index in [4.69, 9.17) is 0 Å². The van der Waals surface area contributed by atoms with Gasteiger partial charge in [0, 0.05) is 6.20 Å². The minimum absolute atomic E-state index is 0.0650. The average molecular weight is 191 g/mol. The summed E-state index contributed by atoms with van der Waals surface area (Å²) in [6.45, 7) is 0.0650. The van der Waals surface area contributed by atoms with E-state index in [9.17, 15) is 5.11 Å². The molecule has 1 atom stereocenters. The van der Waals surface area contributed by atoms with Crippen molar-refractivity contribution >= 4 is 5.52 Å². The maximum Gasteiger partial charge on any atom is 0.0728 e. The van der Waals surface area contributed by atoms with Crippen molar-refractivity contribution < 1.29 is 5.11 Å². The predicted molar refractivity (Wildman–Crippen MR) is 54.1 cm³/mol. The Balaban J connectivity index is 2.54. The molecule has 2 heterocycles. The van der Waals surface area contributed by atoms with Crippen LogP contribution in [-0.4, -0.2) is 28.4 Å². The molecule has 0 saturated carbocycles. The van der Waals surface area contributed by atoms with Crippen LogP contribution in [0.4, 0.5) is 0 Å². The average Bonchev–Trinajstić information content (AvgIpc) is 2.68. The zero-order chi connectivity index (χ0) is 9.97. The summed E-state index contributed by atoms with van der Waals surface area (Å²) in [5, 5.41) is 16.4. The molecule has 4 nitrogen and oxygen atoms in total. The highest BCUT2D eigenvalue weighted by molar-refractivity contribution is 5.46. The van der Waals surface area contributed by atoms with E-state index in [1.165, 1.54) is 0 Å². The van der Waals surface area contributed by atoms with E-state index in [0.717, 1.165) is 11.2 Å². The van der Waals surface area contributed by atoms with Crippen LogP contribution in [0.3, 0.4) is 0 Å². The van der Waals surface area contributed by atoms with Gasteiger partial charge in [-0.2, -0.15) is 5.10 Å². The van der Waals surface area contributed by atoms with Crippen molar-refractivity contribution in [2.75, 3.05) is 13.7 Å². The number of pyridine rings is 1. The van der Waals surface area contributed by atoms with Crippen LogP contribution < -0.4 is 5.32 Å². The zero-order valence-corrected chi connectivity index (χ0v) is 8.01. The number of nitrogens with zero attached hydrogens (tertiary/aromatic N) is 2. The molecule has 0 radical (unpaired) electrons. The van der Waals surface area contributed by atoms with Crippen LogP contribution in [0.1, 0.15) is 11.7 Å². The molecule has 0 amide bonds. The molecule has 2 N–H and O–H groups in total. The summed E-state index contributed by atoms with van der Waals surface area (Å²) < 4.78 is 1.83. The molecule has 0 aliphatic rings. The molecule has 0 spiro atoms. The minimum Gasteiger partial charge on any atom is -0.394 e. The van der Waals surface area contributed by atoms with Crippen molar-refractivity contribution in [2.45, 2.75) is 6.04 Å². The quantitative estimate of drug-likeness (QED) is 0.746. The lowest BCUT2D eigenvalue weighted by atomic mass is 10.2. The zero-order valence-electron chi connectivity index (χ0n) is 8.01. The molecule has 14 heavy (non-hydrogen) atoms. The predicted octanol–water partition coefficient (Wildman–Crippen LogP) is 0.587. The van der Waals surface area contributed by atoms with E-state index in [2.05, 4.69) is 10.4 Å². The van der Waals surface area contributed by atoms with Crippen LogP contribution in [0.5, 0.6) is 0 Å². The third-order valence-electron chi connectivity index (χ3n) is 2.34. The number of aromatic nitrogens is 2. The number of hydrogen-bond donors (Lipinski definition) is 2. The van der Waals surface area contributed by atoms with Gasteiger partial charge in [-0.3, -0.25) is 0 Å². The van der Waals surface area contributed by atoms with E-state index in [1.807, 2.05) is 35.8 Å². The third kappa shape index (κ3) is 1.38. The molecule has 0 aliphatic carbocycles. The first-order valence-electron chi connectivity index (χ1n) is 4.57. The number of fused-ring (bicyclic) bond motifs is 1. The van der Waals surface area contributed by atoms with Gasteiger partial charge in [0.1, 0.15) is 0 Å². The first-order chi connectivity index (χ1) is 6.86. The number of rotatable bonds is 3. The molecular formula is C10H13N3O. The van der Waals surface area contributed by atoms with Crippen LogP contribution in [0, 0.1) is 0 Å². The lowest BCUT2D eigenvalue weighted by Crippen LogP contribution is -2.22. The number of aliphatic hydroxyl groups is 1. The van der Waals surface area contributed by atoms with Crippen molar-refractivity contribution in [3.05, 3.63) is 36.2 Å². The highest BCUT2D eigenvalue weighted by Crippen LogP contribution is 2.13. The number of aliphatic hydroxyl groups excluding tert-OH is 1. The molecule has 0 fully saturated rings. The second kappa shape index (κ2) is 3.77. The topological polar surface area (TPSA) is 49.6 Å².